The zero-order valence-corrected chi connectivity index (χ0v) is 10.6. The molecule has 1 amide bonds. The van der Waals surface area contributed by atoms with Crippen molar-refractivity contribution in [3.8, 4) is 11.3 Å². The topological polar surface area (TPSA) is 55.1 Å². The van der Waals surface area contributed by atoms with Gasteiger partial charge < -0.3 is 9.84 Å². The van der Waals surface area contributed by atoms with Gasteiger partial charge in [0.25, 0.3) is 5.91 Å². The molecule has 100 valence electrons. The highest BCUT2D eigenvalue weighted by atomic mass is 19.1. The molecule has 2 rings (SSSR count). The lowest BCUT2D eigenvalue weighted by Gasteiger charge is -1.99. The zero-order valence-electron chi connectivity index (χ0n) is 10.6. The number of hydrogen-bond donors (Lipinski definition) is 1. The van der Waals surface area contributed by atoms with Crippen LogP contribution >= 0.6 is 0 Å². The Kier molecular flexibility index (Phi) is 4.28. The van der Waals surface area contributed by atoms with Crippen LogP contribution in [-0.2, 0) is 0 Å². The minimum absolute atomic E-state index is 0.232. The molecule has 1 aromatic heterocycles. The molecule has 0 saturated heterocycles. The minimum Gasteiger partial charge on any atom is -0.355 e. The Hall–Kier alpha value is -2.17. The highest BCUT2D eigenvalue weighted by Crippen LogP contribution is 2.20. The van der Waals surface area contributed by atoms with Crippen LogP contribution in [0.1, 0.15) is 30.3 Å². The molecule has 0 saturated carbocycles. The van der Waals surface area contributed by atoms with Crippen LogP contribution in [0.25, 0.3) is 11.3 Å². The third-order valence-corrected chi connectivity index (χ3v) is 2.69. The summed E-state index contributed by atoms with van der Waals surface area (Å²) in [4.78, 5) is 11.7. The average Bonchev–Trinajstić information content (AvgIpc) is 2.89. The zero-order chi connectivity index (χ0) is 13.7. The number of hydrogen-bond acceptors (Lipinski definition) is 3. The molecular weight excluding hydrogens is 247 g/mol. The summed E-state index contributed by atoms with van der Waals surface area (Å²) in [7, 11) is 0. The second-order valence-electron chi connectivity index (χ2n) is 4.19. The third kappa shape index (κ3) is 3.40. The number of unbranched alkanes of at least 4 members (excludes halogenated alkanes) is 1. The maximum absolute atomic E-state index is 12.8. The molecule has 1 N–H and O–H groups in total. The largest absolute Gasteiger partial charge is 0.355 e. The maximum atomic E-state index is 12.8. The number of benzene rings is 1. The molecule has 1 aromatic carbocycles. The van der Waals surface area contributed by atoms with Crippen LogP contribution in [0.2, 0.25) is 0 Å². The Balaban J connectivity index is 2.06. The van der Waals surface area contributed by atoms with E-state index in [0.29, 0.717) is 17.9 Å². The van der Waals surface area contributed by atoms with Crippen molar-refractivity contribution in [2.45, 2.75) is 19.8 Å². The van der Waals surface area contributed by atoms with Gasteiger partial charge in [0.1, 0.15) is 5.82 Å². The van der Waals surface area contributed by atoms with Gasteiger partial charge in [-0.3, -0.25) is 4.79 Å². The Bertz CT molecular complexity index is 549. The molecule has 0 radical (unpaired) electrons. The number of nitrogens with one attached hydrogen (secondary N) is 1. The van der Waals surface area contributed by atoms with Crippen LogP contribution < -0.4 is 5.32 Å². The van der Waals surface area contributed by atoms with Crippen LogP contribution in [0.3, 0.4) is 0 Å². The van der Waals surface area contributed by atoms with Gasteiger partial charge in [-0.05, 0) is 30.7 Å². The lowest BCUT2D eigenvalue weighted by Crippen LogP contribution is -2.24. The molecule has 0 aliphatic heterocycles. The van der Waals surface area contributed by atoms with Crippen molar-refractivity contribution in [1.82, 2.24) is 10.5 Å². The summed E-state index contributed by atoms with van der Waals surface area (Å²) in [5, 5.41) is 6.47. The third-order valence-electron chi connectivity index (χ3n) is 2.69. The van der Waals surface area contributed by atoms with Crippen LogP contribution in [0.4, 0.5) is 4.39 Å². The summed E-state index contributed by atoms with van der Waals surface area (Å²) in [6, 6.07) is 7.37. The lowest BCUT2D eigenvalue weighted by molar-refractivity contribution is 0.0944. The van der Waals surface area contributed by atoms with Gasteiger partial charge in [0.05, 0.1) is 0 Å². The van der Waals surface area contributed by atoms with E-state index in [4.69, 9.17) is 4.52 Å². The fourth-order valence-electron chi connectivity index (χ4n) is 1.60. The van der Waals surface area contributed by atoms with Gasteiger partial charge in [-0.15, -0.1) is 0 Å². The minimum atomic E-state index is -0.319. The number of aromatic nitrogens is 1. The molecule has 5 heteroatoms. The van der Waals surface area contributed by atoms with Gasteiger partial charge in [-0.25, -0.2) is 4.39 Å². The van der Waals surface area contributed by atoms with E-state index in [1.165, 1.54) is 12.1 Å². The van der Waals surface area contributed by atoms with Crippen molar-refractivity contribution in [1.29, 1.82) is 0 Å². The molecule has 0 atom stereocenters. The summed E-state index contributed by atoms with van der Waals surface area (Å²) in [5.74, 6) is -0.132. The summed E-state index contributed by atoms with van der Waals surface area (Å²) >= 11 is 0. The van der Waals surface area contributed by atoms with Crippen LogP contribution in [-0.4, -0.2) is 17.6 Å². The van der Waals surface area contributed by atoms with Gasteiger partial charge in [0.15, 0.2) is 11.5 Å². The van der Waals surface area contributed by atoms with Crippen LogP contribution in [0.15, 0.2) is 34.9 Å². The van der Waals surface area contributed by atoms with E-state index >= 15 is 0 Å². The number of carbonyl (C=O) groups is 1. The van der Waals surface area contributed by atoms with E-state index in [9.17, 15) is 9.18 Å². The van der Waals surface area contributed by atoms with Crippen molar-refractivity contribution in [2.24, 2.45) is 0 Å². The van der Waals surface area contributed by atoms with Crippen LogP contribution in [0, 0.1) is 5.82 Å². The predicted octanol–water partition coefficient (Wildman–Crippen LogP) is 3.01. The monoisotopic (exact) mass is 262 g/mol. The second-order valence-corrected chi connectivity index (χ2v) is 4.19. The molecule has 0 aliphatic rings. The Morgan fingerprint density at radius 1 is 1.37 bits per heavy atom. The van der Waals surface area contributed by atoms with Gasteiger partial charge in [-0.1, -0.05) is 18.5 Å². The quantitative estimate of drug-likeness (QED) is 0.843. The first kappa shape index (κ1) is 13.3. The molecule has 4 nitrogen and oxygen atoms in total. The first-order valence-corrected chi connectivity index (χ1v) is 6.21. The molecule has 1 heterocycles. The SMILES string of the molecule is CCCCNC(=O)c1cc(-c2ccc(F)cc2)on1. The lowest BCUT2D eigenvalue weighted by atomic mass is 10.1. The van der Waals surface area contributed by atoms with Crippen LogP contribution in [0.5, 0.6) is 0 Å². The molecular formula is C14H15FN2O2. The van der Waals surface area contributed by atoms with E-state index in [1.54, 1.807) is 18.2 Å². The second kappa shape index (κ2) is 6.13. The van der Waals surface area contributed by atoms with Gasteiger partial charge in [0, 0.05) is 18.2 Å². The highest BCUT2D eigenvalue weighted by Gasteiger charge is 2.13. The summed E-state index contributed by atoms with van der Waals surface area (Å²) in [6.07, 6.45) is 1.94. The molecule has 2 aromatic rings. The van der Waals surface area contributed by atoms with E-state index in [0.717, 1.165) is 12.8 Å². The summed E-state index contributed by atoms with van der Waals surface area (Å²) in [6.45, 7) is 2.67. The van der Waals surface area contributed by atoms with Gasteiger partial charge in [-0.2, -0.15) is 0 Å². The Labute approximate surface area is 110 Å². The van der Waals surface area contributed by atoms with E-state index < -0.39 is 0 Å². The molecule has 0 aliphatic carbocycles. The van der Waals surface area contributed by atoms with Crippen molar-refractivity contribution in [3.63, 3.8) is 0 Å². The number of nitrogens with zero attached hydrogens (tertiary/aromatic N) is 1. The van der Waals surface area contributed by atoms with E-state index in [-0.39, 0.29) is 17.4 Å². The maximum Gasteiger partial charge on any atom is 0.273 e. The van der Waals surface area contributed by atoms with Crippen molar-refractivity contribution in [3.05, 3.63) is 41.8 Å². The van der Waals surface area contributed by atoms with Crippen molar-refractivity contribution < 1.29 is 13.7 Å². The number of halogens is 1. The number of rotatable bonds is 5. The molecule has 0 fully saturated rings. The first-order valence-electron chi connectivity index (χ1n) is 6.21. The summed E-state index contributed by atoms with van der Waals surface area (Å²) < 4.78 is 17.9. The normalized spacial score (nSPS) is 10.4. The van der Waals surface area contributed by atoms with E-state index in [2.05, 4.69) is 17.4 Å². The highest BCUT2D eigenvalue weighted by molar-refractivity contribution is 5.93. The fraction of sp³-hybridized carbons (Fsp3) is 0.286. The van der Waals surface area contributed by atoms with Gasteiger partial charge in [0.2, 0.25) is 0 Å². The van der Waals surface area contributed by atoms with E-state index in [1.807, 2.05) is 0 Å². The van der Waals surface area contributed by atoms with Crippen molar-refractivity contribution in [2.75, 3.05) is 6.54 Å². The van der Waals surface area contributed by atoms with Crippen molar-refractivity contribution >= 4 is 5.91 Å². The molecule has 0 bridgehead atoms. The Morgan fingerprint density at radius 2 is 2.11 bits per heavy atom. The fourth-order valence-corrected chi connectivity index (χ4v) is 1.60. The number of carbonyl (C=O) groups excluding carboxylic acids is 1. The smallest absolute Gasteiger partial charge is 0.273 e. The standard InChI is InChI=1S/C14H15FN2O2/c1-2-3-8-16-14(18)12-9-13(19-17-12)10-4-6-11(15)7-5-10/h4-7,9H,2-3,8H2,1H3,(H,16,18). The first-order chi connectivity index (χ1) is 9.20. The molecule has 0 unspecified atom stereocenters. The predicted molar refractivity (Wildman–Crippen MR) is 69.1 cm³/mol. The molecule has 0 spiro atoms. The van der Waals surface area contributed by atoms with Gasteiger partial charge >= 0.3 is 0 Å². The molecule has 19 heavy (non-hydrogen) atoms. The summed E-state index contributed by atoms with van der Waals surface area (Å²) in [5.41, 5.74) is 0.914. The average molecular weight is 262 g/mol. The Morgan fingerprint density at radius 3 is 2.79 bits per heavy atom. The number of amides is 1.